The van der Waals surface area contributed by atoms with Crippen molar-refractivity contribution in [2.45, 2.75) is 246 Å². The highest BCUT2D eigenvalue weighted by Crippen LogP contribution is 2.20. The summed E-state index contributed by atoms with van der Waals surface area (Å²) in [5.74, 6) is 0. The minimum atomic E-state index is 0. The van der Waals surface area contributed by atoms with E-state index in [1.54, 1.807) is 0 Å². The Hall–Kier alpha value is 0.250. The van der Waals surface area contributed by atoms with Crippen LogP contribution in [0.4, 0.5) is 0 Å². The van der Waals surface area contributed by atoms with Crippen molar-refractivity contribution in [1.82, 2.24) is 0 Å². The molecule has 0 bridgehead atoms. The Labute approximate surface area is 288 Å². The lowest BCUT2D eigenvalue weighted by molar-refractivity contribution is -0.929. The minimum Gasteiger partial charge on any atom is -1.00 e. The molecule has 0 spiro atoms. The predicted molar refractivity (Wildman–Crippen MR) is 199 cm³/mol. The van der Waals surface area contributed by atoms with Crippen molar-refractivity contribution >= 4 is 0 Å². The summed E-state index contributed by atoms with van der Waals surface area (Å²) in [6, 6.07) is 0. The average molecular weight is 643 g/mol. The highest BCUT2D eigenvalue weighted by atomic mass is 35.5. The normalized spacial score (nSPS) is 11.7. The first-order chi connectivity index (χ1) is 21.2. The summed E-state index contributed by atoms with van der Waals surface area (Å²) >= 11 is 0. The van der Waals surface area contributed by atoms with Crippen LogP contribution in [0.3, 0.4) is 0 Å². The first-order valence-electron chi connectivity index (χ1n) is 21.1. The van der Waals surface area contributed by atoms with Crippen LogP contribution in [0.5, 0.6) is 0 Å². The molecule has 0 N–H and O–H groups in total. The van der Waals surface area contributed by atoms with Gasteiger partial charge in [0.2, 0.25) is 0 Å². The second-order valence-electron chi connectivity index (χ2n) is 14.8. The Bertz CT molecular complexity index is 448. The van der Waals surface area contributed by atoms with E-state index in [9.17, 15) is 0 Å². The second-order valence-corrected chi connectivity index (χ2v) is 14.8. The third-order valence-electron chi connectivity index (χ3n) is 10.4. The number of hydrogen-bond donors (Lipinski definition) is 0. The van der Waals surface area contributed by atoms with Crippen LogP contribution in [-0.2, 0) is 0 Å². The summed E-state index contributed by atoms with van der Waals surface area (Å²) in [5, 5.41) is 0. The van der Waals surface area contributed by atoms with Gasteiger partial charge in [-0.2, -0.15) is 0 Å². The number of unbranched alkanes of at least 4 members (excludes halogenated alkanes) is 30. The fraction of sp³-hybridized carbons (Fsp3) is 1.00. The summed E-state index contributed by atoms with van der Waals surface area (Å²) in [4.78, 5) is 0. The van der Waals surface area contributed by atoms with Crippen LogP contribution in [0.15, 0.2) is 0 Å². The largest absolute Gasteiger partial charge is 1.00 e. The predicted octanol–water partition coefficient (Wildman–Crippen LogP) is 12.2. The Balaban J connectivity index is 0. The molecule has 0 unspecified atom stereocenters. The van der Waals surface area contributed by atoms with Crippen molar-refractivity contribution in [2.75, 3.05) is 26.2 Å². The number of quaternary nitrogens is 1. The van der Waals surface area contributed by atoms with Gasteiger partial charge in [0.05, 0.1) is 26.2 Å². The molecule has 0 aliphatic carbocycles. The van der Waals surface area contributed by atoms with E-state index in [2.05, 4.69) is 27.7 Å². The first-order valence-corrected chi connectivity index (χ1v) is 21.1. The van der Waals surface area contributed by atoms with Crippen molar-refractivity contribution in [3.8, 4) is 0 Å². The molecule has 0 aromatic carbocycles. The second kappa shape index (κ2) is 39.4. The van der Waals surface area contributed by atoms with Crippen LogP contribution in [0.25, 0.3) is 0 Å². The maximum Gasteiger partial charge on any atom is 0.0786 e. The van der Waals surface area contributed by atoms with Crippen molar-refractivity contribution in [1.29, 1.82) is 0 Å². The smallest absolute Gasteiger partial charge is 0.0786 e. The molecule has 0 aliphatic heterocycles. The highest BCUT2D eigenvalue weighted by molar-refractivity contribution is 4.55. The summed E-state index contributed by atoms with van der Waals surface area (Å²) < 4.78 is 1.47. The van der Waals surface area contributed by atoms with Gasteiger partial charge in [-0.25, -0.2) is 0 Å². The minimum absolute atomic E-state index is 0. The number of nitrogens with zero attached hydrogens (tertiary/aromatic N) is 1. The van der Waals surface area contributed by atoms with Gasteiger partial charge in [-0.05, 0) is 51.4 Å². The molecule has 2 heteroatoms. The van der Waals surface area contributed by atoms with Gasteiger partial charge in [-0.3, -0.25) is 0 Å². The Kier molecular flexibility index (Phi) is 41.6. The summed E-state index contributed by atoms with van der Waals surface area (Å²) in [6.07, 6.45) is 49.7. The van der Waals surface area contributed by atoms with Crippen molar-refractivity contribution in [2.24, 2.45) is 0 Å². The number of hydrogen-bond acceptors (Lipinski definition) is 0. The summed E-state index contributed by atoms with van der Waals surface area (Å²) in [7, 11) is 0. The van der Waals surface area contributed by atoms with Gasteiger partial charge in [0, 0.05) is 0 Å². The van der Waals surface area contributed by atoms with E-state index in [0.717, 1.165) is 0 Å². The third kappa shape index (κ3) is 33.6. The van der Waals surface area contributed by atoms with Crippen LogP contribution < -0.4 is 12.4 Å². The molecule has 1 nitrogen and oxygen atoms in total. The quantitative estimate of drug-likeness (QED) is 0.0464. The molecule has 0 fully saturated rings. The van der Waals surface area contributed by atoms with Gasteiger partial charge < -0.3 is 16.9 Å². The molecule has 44 heavy (non-hydrogen) atoms. The first kappa shape index (κ1) is 46.4. The lowest BCUT2D eigenvalue weighted by Gasteiger charge is -2.39. The van der Waals surface area contributed by atoms with E-state index in [0.29, 0.717) is 0 Å². The maximum absolute atomic E-state index is 2.38. The summed E-state index contributed by atoms with van der Waals surface area (Å²) in [5.41, 5.74) is 0. The number of rotatable bonds is 38. The zero-order valence-corrected chi connectivity index (χ0v) is 32.5. The highest BCUT2D eigenvalue weighted by Gasteiger charge is 2.25. The van der Waals surface area contributed by atoms with E-state index in [1.165, 1.54) is 249 Å². The molecule has 0 aromatic rings. The van der Waals surface area contributed by atoms with Gasteiger partial charge in [0.15, 0.2) is 0 Å². The molecule has 0 atom stereocenters. The van der Waals surface area contributed by atoms with Gasteiger partial charge in [-0.1, -0.05) is 195 Å². The van der Waals surface area contributed by atoms with Crippen molar-refractivity contribution < 1.29 is 16.9 Å². The van der Waals surface area contributed by atoms with Crippen LogP contribution in [-0.4, -0.2) is 30.7 Å². The van der Waals surface area contributed by atoms with Crippen molar-refractivity contribution in [3.63, 3.8) is 0 Å². The Morgan fingerprint density at radius 2 is 0.341 bits per heavy atom. The Morgan fingerprint density at radius 3 is 0.545 bits per heavy atom. The molecule has 0 aliphatic rings. The van der Waals surface area contributed by atoms with E-state index in [-0.39, 0.29) is 12.4 Å². The molecule has 0 aromatic heterocycles. The molecule has 268 valence electrons. The molecule has 0 amide bonds. The average Bonchev–Trinajstić information content (AvgIpc) is 3.01. The van der Waals surface area contributed by atoms with E-state index in [1.807, 2.05) is 0 Å². The topological polar surface area (TPSA) is 0 Å². The SMILES string of the molecule is CCCCCCCCCCCCCCCC[N+](CCCCC)(CCCCC)CCCCCCCCCCCCCCCC.[Cl-]. The molecular formula is C42H88ClN. The van der Waals surface area contributed by atoms with E-state index < -0.39 is 0 Å². The number of halogens is 1. The molecule has 0 rings (SSSR count). The van der Waals surface area contributed by atoms with Crippen molar-refractivity contribution in [3.05, 3.63) is 0 Å². The monoisotopic (exact) mass is 642 g/mol. The van der Waals surface area contributed by atoms with E-state index >= 15 is 0 Å². The Morgan fingerprint density at radius 1 is 0.205 bits per heavy atom. The van der Waals surface area contributed by atoms with Crippen LogP contribution in [0.1, 0.15) is 246 Å². The standard InChI is InChI=1S/C42H88N.ClH/c1-5-9-13-15-17-19-21-23-25-27-29-31-33-37-41-43(39-35-11-7-3,40-36-12-8-4)42-38-34-32-30-28-26-24-22-20-18-16-14-10-6-2;/h5-42H2,1-4H3;1H/q+1;/p-1. The molecule has 0 saturated heterocycles. The van der Waals surface area contributed by atoms with Gasteiger partial charge in [-0.15, -0.1) is 0 Å². The van der Waals surface area contributed by atoms with Crippen LogP contribution >= 0.6 is 0 Å². The lowest BCUT2D eigenvalue weighted by Crippen LogP contribution is -3.00. The summed E-state index contributed by atoms with van der Waals surface area (Å²) in [6.45, 7) is 15.3. The third-order valence-corrected chi connectivity index (χ3v) is 10.4. The molecule has 0 heterocycles. The molecular weight excluding hydrogens is 554 g/mol. The fourth-order valence-electron chi connectivity index (χ4n) is 7.35. The molecule has 0 radical (unpaired) electrons. The lowest BCUT2D eigenvalue weighted by atomic mass is 10.0. The fourth-order valence-corrected chi connectivity index (χ4v) is 7.35. The molecule has 0 saturated carbocycles. The van der Waals surface area contributed by atoms with Gasteiger partial charge in [0.25, 0.3) is 0 Å². The van der Waals surface area contributed by atoms with E-state index in [4.69, 9.17) is 0 Å². The van der Waals surface area contributed by atoms with Gasteiger partial charge >= 0.3 is 0 Å². The van der Waals surface area contributed by atoms with Crippen LogP contribution in [0.2, 0.25) is 0 Å². The zero-order valence-electron chi connectivity index (χ0n) is 31.7. The van der Waals surface area contributed by atoms with Gasteiger partial charge in [0.1, 0.15) is 0 Å². The van der Waals surface area contributed by atoms with Crippen LogP contribution in [0, 0.1) is 0 Å². The maximum atomic E-state index is 2.38. The zero-order chi connectivity index (χ0) is 31.4.